The number of aromatic nitrogens is 2. The van der Waals surface area contributed by atoms with E-state index >= 15 is 0 Å². The van der Waals surface area contributed by atoms with Crippen LogP contribution >= 0.6 is 0 Å². The molecule has 5 heteroatoms. The zero-order valence-electron chi connectivity index (χ0n) is 11.1. The number of nitrogens with one attached hydrogen (secondary N) is 1. The zero-order chi connectivity index (χ0) is 13.0. The minimum absolute atomic E-state index is 0.213. The Morgan fingerprint density at radius 1 is 1.39 bits per heavy atom. The molecule has 1 saturated carbocycles. The molecule has 1 aromatic heterocycles. The summed E-state index contributed by atoms with van der Waals surface area (Å²) in [4.78, 5) is 8.62. The summed E-state index contributed by atoms with van der Waals surface area (Å²) in [5, 5.41) is 3.41. The second-order valence-electron chi connectivity index (χ2n) is 4.77. The van der Waals surface area contributed by atoms with Crippen molar-refractivity contribution in [2.45, 2.75) is 51.6 Å². The number of hydrogen-bond donors (Lipinski definition) is 2. The van der Waals surface area contributed by atoms with Crippen molar-refractivity contribution >= 4 is 5.82 Å². The minimum Gasteiger partial charge on any atom is -0.478 e. The third-order valence-electron chi connectivity index (χ3n) is 3.26. The molecule has 2 atom stereocenters. The number of nitrogens with two attached hydrogens (primary N) is 1. The lowest BCUT2D eigenvalue weighted by molar-refractivity contribution is 0.325. The average Bonchev–Trinajstić information content (AvgIpc) is 2.32. The van der Waals surface area contributed by atoms with Crippen molar-refractivity contribution in [1.29, 1.82) is 0 Å². The zero-order valence-corrected chi connectivity index (χ0v) is 11.1. The Labute approximate surface area is 108 Å². The summed E-state index contributed by atoms with van der Waals surface area (Å²) in [5.74, 6) is 2.15. The number of nitrogens with zero attached hydrogens (tertiary/aromatic N) is 2. The topological polar surface area (TPSA) is 73.1 Å². The van der Waals surface area contributed by atoms with Gasteiger partial charge in [-0.1, -0.05) is 12.8 Å². The first-order valence-corrected chi connectivity index (χ1v) is 6.69. The van der Waals surface area contributed by atoms with Gasteiger partial charge in [-0.3, -0.25) is 0 Å². The Balaban J connectivity index is 2.07. The molecular weight excluding hydrogens is 228 g/mol. The third-order valence-corrected chi connectivity index (χ3v) is 3.26. The van der Waals surface area contributed by atoms with Gasteiger partial charge in [-0.15, -0.1) is 0 Å². The number of hydrogen-bond acceptors (Lipinski definition) is 5. The molecule has 2 unspecified atom stereocenters. The van der Waals surface area contributed by atoms with Crippen molar-refractivity contribution < 1.29 is 4.74 Å². The summed E-state index contributed by atoms with van der Waals surface area (Å²) in [6, 6.07) is 2.37. The van der Waals surface area contributed by atoms with E-state index in [4.69, 9.17) is 10.5 Å². The molecule has 1 fully saturated rings. The summed E-state index contributed by atoms with van der Waals surface area (Å²) >= 11 is 0. The van der Waals surface area contributed by atoms with Gasteiger partial charge in [0.2, 0.25) is 5.88 Å². The van der Waals surface area contributed by atoms with E-state index in [-0.39, 0.29) is 6.04 Å². The smallest absolute Gasteiger partial charge is 0.218 e. The van der Waals surface area contributed by atoms with Gasteiger partial charge in [0, 0.05) is 18.2 Å². The Bertz CT molecular complexity index is 397. The van der Waals surface area contributed by atoms with Crippen LogP contribution in [-0.4, -0.2) is 28.7 Å². The van der Waals surface area contributed by atoms with Crippen LogP contribution in [0.2, 0.25) is 0 Å². The molecule has 3 N–H and O–H groups in total. The van der Waals surface area contributed by atoms with Crippen LogP contribution in [-0.2, 0) is 0 Å². The second-order valence-corrected chi connectivity index (χ2v) is 4.77. The van der Waals surface area contributed by atoms with Crippen molar-refractivity contribution in [3.8, 4) is 5.88 Å². The van der Waals surface area contributed by atoms with E-state index in [2.05, 4.69) is 15.3 Å². The number of rotatable bonds is 4. The first-order valence-electron chi connectivity index (χ1n) is 6.69. The van der Waals surface area contributed by atoms with E-state index in [9.17, 15) is 0 Å². The van der Waals surface area contributed by atoms with Crippen molar-refractivity contribution in [1.82, 2.24) is 9.97 Å². The summed E-state index contributed by atoms with van der Waals surface area (Å²) in [6.07, 6.45) is 4.65. The van der Waals surface area contributed by atoms with E-state index in [1.54, 1.807) is 0 Å². The highest BCUT2D eigenvalue weighted by Gasteiger charge is 2.22. The van der Waals surface area contributed by atoms with Crippen LogP contribution in [0.1, 0.15) is 38.4 Å². The van der Waals surface area contributed by atoms with Gasteiger partial charge >= 0.3 is 0 Å². The van der Waals surface area contributed by atoms with Crippen LogP contribution in [0.25, 0.3) is 0 Å². The quantitative estimate of drug-likeness (QED) is 0.853. The molecule has 0 aliphatic heterocycles. The first kappa shape index (κ1) is 13.1. The van der Waals surface area contributed by atoms with Gasteiger partial charge in [0.05, 0.1) is 6.61 Å². The molecule has 1 aliphatic carbocycles. The normalized spacial score (nSPS) is 23.7. The first-order chi connectivity index (χ1) is 8.69. The number of ether oxygens (including phenoxy) is 1. The minimum atomic E-state index is 0.213. The van der Waals surface area contributed by atoms with E-state index in [1.165, 1.54) is 12.8 Å². The van der Waals surface area contributed by atoms with E-state index in [0.29, 0.717) is 24.4 Å². The molecule has 18 heavy (non-hydrogen) atoms. The Morgan fingerprint density at radius 3 is 2.89 bits per heavy atom. The lowest BCUT2D eigenvalue weighted by Crippen LogP contribution is -2.42. The predicted octanol–water partition coefficient (Wildman–Crippen LogP) is 1.87. The number of anilines is 1. The summed E-state index contributed by atoms with van der Waals surface area (Å²) < 4.78 is 5.42. The van der Waals surface area contributed by atoms with E-state index < -0.39 is 0 Å². The van der Waals surface area contributed by atoms with Crippen LogP contribution in [0.5, 0.6) is 5.88 Å². The van der Waals surface area contributed by atoms with Crippen LogP contribution in [0.3, 0.4) is 0 Å². The molecular formula is C13H22N4O. The lowest BCUT2D eigenvalue weighted by Gasteiger charge is -2.29. The molecule has 0 aromatic carbocycles. The fourth-order valence-electron chi connectivity index (χ4n) is 2.36. The molecule has 0 saturated heterocycles. The van der Waals surface area contributed by atoms with Crippen molar-refractivity contribution in [3.05, 3.63) is 11.9 Å². The van der Waals surface area contributed by atoms with E-state index in [1.807, 2.05) is 19.9 Å². The molecule has 5 nitrogen and oxygen atoms in total. The molecule has 0 radical (unpaired) electrons. The van der Waals surface area contributed by atoms with Gasteiger partial charge in [-0.2, -0.15) is 4.98 Å². The average molecular weight is 250 g/mol. The van der Waals surface area contributed by atoms with Crippen LogP contribution < -0.4 is 15.8 Å². The van der Waals surface area contributed by atoms with Gasteiger partial charge in [-0.05, 0) is 26.7 Å². The monoisotopic (exact) mass is 250 g/mol. The van der Waals surface area contributed by atoms with Gasteiger partial charge in [0.25, 0.3) is 0 Å². The second kappa shape index (κ2) is 6.00. The Morgan fingerprint density at radius 2 is 2.17 bits per heavy atom. The highest BCUT2D eigenvalue weighted by atomic mass is 16.5. The van der Waals surface area contributed by atoms with Gasteiger partial charge in [-0.25, -0.2) is 4.98 Å². The molecule has 0 bridgehead atoms. The fourth-order valence-corrected chi connectivity index (χ4v) is 2.36. The summed E-state index contributed by atoms with van der Waals surface area (Å²) in [5.41, 5.74) is 6.12. The van der Waals surface area contributed by atoms with Crippen molar-refractivity contribution in [3.63, 3.8) is 0 Å². The molecule has 0 spiro atoms. The van der Waals surface area contributed by atoms with Gasteiger partial charge in [0.15, 0.2) is 0 Å². The lowest BCUT2D eigenvalue weighted by atomic mass is 9.91. The molecule has 0 amide bonds. The maximum atomic E-state index is 6.12. The highest BCUT2D eigenvalue weighted by molar-refractivity contribution is 5.40. The maximum Gasteiger partial charge on any atom is 0.218 e. The molecule has 1 heterocycles. The van der Waals surface area contributed by atoms with Crippen LogP contribution in [0.15, 0.2) is 6.07 Å². The van der Waals surface area contributed by atoms with Crippen LogP contribution in [0.4, 0.5) is 5.82 Å². The summed E-state index contributed by atoms with van der Waals surface area (Å²) in [7, 11) is 0. The molecule has 2 rings (SSSR count). The Kier molecular flexibility index (Phi) is 4.36. The predicted molar refractivity (Wildman–Crippen MR) is 71.8 cm³/mol. The van der Waals surface area contributed by atoms with E-state index in [0.717, 1.165) is 18.7 Å². The molecule has 1 aromatic rings. The fraction of sp³-hybridized carbons (Fsp3) is 0.692. The number of aryl methyl sites for hydroxylation is 1. The third kappa shape index (κ3) is 3.32. The standard InChI is InChI=1S/C13H22N4O/c1-3-18-13-8-12(15-9(2)16-13)17-11-7-5-4-6-10(11)14/h8,10-11H,3-7,14H2,1-2H3,(H,15,16,17). The van der Waals surface area contributed by atoms with Gasteiger partial charge < -0.3 is 15.8 Å². The summed E-state index contributed by atoms with van der Waals surface area (Å²) in [6.45, 7) is 4.43. The Hall–Kier alpha value is -1.36. The highest BCUT2D eigenvalue weighted by Crippen LogP contribution is 2.21. The molecule has 100 valence electrons. The SMILES string of the molecule is CCOc1cc(NC2CCCCC2N)nc(C)n1. The van der Waals surface area contributed by atoms with Gasteiger partial charge in [0.1, 0.15) is 11.6 Å². The van der Waals surface area contributed by atoms with Crippen molar-refractivity contribution in [2.75, 3.05) is 11.9 Å². The van der Waals surface area contributed by atoms with Crippen molar-refractivity contribution in [2.24, 2.45) is 5.73 Å². The largest absolute Gasteiger partial charge is 0.478 e. The molecule has 1 aliphatic rings. The van der Waals surface area contributed by atoms with Crippen LogP contribution in [0, 0.1) is 6.92 Å². The maximum absolute atomic E-state index is 6.12.